The van der Waals surface area contributed by atoms with Crippen molar-refractivity contribution in [1.29, 1.82) is 0 Å². The van der Waals surface area contributed by atoms with E-state index in [1.54, 1.807) is 12.1 Å². The van der Waals surface area contributed by atoms with Gasteiger partial charge in [-0.15, -0.1) is 24.0 Å². The fourth-order valence-electron chi connectivity index (χ4n) is 4.19. The van der Waals surface area contributed by atoms with Gasteiger partial charge in [0.1, 0.15) is 0 Å². The molecule has 2 atom stereocenters. The van der Waals surface area contributed by atoms with Crippen molar-refractivity contribution < 1.29 is 4.92 Å². The molecule has 0 aliphatic carbocycles. The van der Waals surface area contributed by atoms with E-state index in [-0.39, 0.29) is 34.6 Å². The third-order valence-electron chi connectivity index (χ3n) is 5.57. The van der Waals surface area contributed by atoms with Gasteiger partial charge in [-0.1, -0.05) is 18.6 Å². The van der Waals surface area contributed by atoms with Gasteiger partial charge in [0.05, 0.1) is 11.5 Å². The highest BCUT2D eigenvalue weighted by molar-refractivity contribution is 14.0. The van der Waals surface area contributed by atoms with Gasteiger partial charge in [0, 0.05) is 36.8 Å². The van der Waals surface area contributed by atoms with Crippen molar-refractivity contribution in [2.45, 2.75) is 63.7 Å². The Hall–Kier alpha value is -1.42. The predicted molar refractivity (Wildman–Crippen MR) is 119 cm³/mol. The molecule has 0 saturated carbocycles. The summed E-state index contributed by atoms with van der Waals surface area (Å²) < 4.78 is 0. The lowest BCUT2D eigenvalue weighted by molar-refractivity contribution is -0.384. The number of aliphatic imine (C=N–C) groups is 1. The number of hydrogen-bond donors (Lipinski definition) is 2. The summed E-state index contributed by atoms with van der Waals surface area (Å²) in [5.41, 5.74) is 0.954. The molecule has 2 bridgehead atoms. The zero-order valence-electron chi connectivity index (χ0n) is 16.1. The second-order valence-electron chi connectivity index (χ2n) is 7.34. The maximum atomic E-state index is 10.9. The Morgan fingerprint density at radius 3 is 2.67 bits per heavy atom. The molecule has 3 rings (SSSR count). The first-order valence-corrected chi connectivity index (χ1v) is 9.57. The number of non-ortho nitro benzene ring substituents is 1. The summed E-state index contributed by atoms with van der Waals surface area (Å²) in [5.74, 6) is 0.798. The third-order valence-corrected chi connectivity index (χ3v) is 5.57. The fraction of sp³-hybridized carbons (Fsp3) is 0.632. The zero-order valence-corrected chi connectivity index (χ0v) is 18.4. The first kappa shape index (κ1) is 21.9. The van der Waals surface area contributed by atoms with E-state index in [2.05, 4.69) is 27.6 Å². The van der Waals surface area contributed by atoms with Gasteiger partial charge in [-0.25, -0.2) is 4.99 Å². The number of hydrogen-bond acceptors (Lipinski definition) is 4. The second kappa shape index (κ2) is 10.2. The molecule has 2 fully saturated rings. The number of benzene rings is 1. The quantitative estimate of drug-likeness (QED) is 0.219. The largest absolute Gasteiger partial charge is 0.357 e. The van der Waals surface area contributed by atoms with E-state index in [0.29, 0.717) is 24.7 Å². The van der Waals surface area contributed by atoms with Crippen molar-refractivity contribution in [3.8, 4) is 0 Å². The minimum absolute atomic E-state index is 0. The van der Waals surface area contributed by atoms with Crippen LogP contribution in [0.25, 0.3) is 0 Å². The summed E-state index contributed by atoms with van der Waals surface area (Å²) >= 11 is 0. The molecule has 2 aliphatic rings. The Balaban J connectivity index is 0.00000261. The Bertz CT molecular complexity index is 655. The van der Waals surface area contributed by atoms with Crippen molar-refractivity contribution in [2.24, 2.45) is 4.99 Å². The molecule has 2 aliphatic heterocycles. The highest BCUT2D eigenvalue weighted by atomic mass is 127. The van der Waals surface area contributed by atoms with Gasteiger partial charge < -0.3 is 15.5 Å². The minimum atomic E-state index is -0.367. The van der Waals surface area contributed by atoms with Crippen LogP contribution in [0.3, 0.4) is 0 Å². The first-order valence-electron chi connectivity index (χ1n) is 9.57. The number of piperidine rings is 2. The molecule has 0 aromatic heterocycles. The molecule has 0 spiro atoms. The summed E-state index contributed by atoms with van der Waals surface area (Å²) in [6.07, 6.45) is 6.20. The Kier molecular flexibility index (Phi) is 8.28. The number of nitrogens with zero attached hydrogens (tertiary/aromatic N) is 3. The van der Waals surface area contributed by atoms with Gasteiger partial charge in [0.15, 0.2) is 5.96 Å². The number of guanidine groups is 1. The van der Waals surface area contributed by atoms with Crippen molar-refractivity contribution >= 4 is 35.6 Å². The summed E-state index contributed by atoms with van der Waals surface area (Å²) in [4.78, 5) is 17.8. The van der Waals surface area contributed by atoms with Gasteiger partial charge >= 0.3 is 0 Å². The van der Waals surface area contributed by atoms with E-state index < -0.39 is 0 Å². The highest BCUT2D eigenvalue weighted by Gasteiger charge is 2.36. The van der Waals surface area contributed by atoms with Crippen LogP contribution in [-0.2, 0) is 6.54 Å². The van der Waals surface area contributed by atoms with Crippen LogP contribution >= 0.6 is 24.0 Å². The molecule has 1 aromatic carbocycles. The SMILES string of the molecule is CCNC(=NCc1cccc([N+](=O)[O-])c1)NC1CC2CCCC(C1)N2C.I. The van der Waals surface area contributed by atoms with E-state index >= 15 is 0 Å². The van der Waals surface area contributed by atoms with E-state index in [1.165, 1.54) is 25.3 Å². The number of halogens is 1. The highest BCUT2D eigenvalue weighted by Crippen LogP contribution is 2.32. The summed E-state index contributed by atoms with van der Waals surface area (Å²) in [5, 5.41) is 17.8. The van der Waals surface area contributed by atoms with Crippen LogP contribution in [0.1, 0.15) is 44.6 Å². The monoisotopic (exact) mass is 487 g/mol. The predicted octanol–water partition coefficient (Wildman–Crippen LogP) is 3.28. The molecular weight excluding hydrogens is 457 g/mol. The lowest BCUT2D eigenvalue weighted by Gasteiger charge is -2.47. The minimum Gasteiger partial charge on any atom is -0.357 e. The Morgan fingerprint density at radius 1 is 1.33 bits per heavy atom. The van der Waals surface area contributed by atoms with Crippen molar-refractivity contribution in [2.75, 3.05) is 13.6 Å². The van der Waals surface area contributed by atoms with Crippen LogP contribution in [0.15, 0.2) is 29.3 Å². The van der Waals surface area contributed by atoms with Crippen LogP contribution in [0.2, 0.25) is 0 Å². The van der Waals surface area contributed by atoms with Gasteiger partial charge in [-0.05, 0) is 45.2 Å². The first-order chi connectivity index (χ1) is 12.6. The van der Waals surface area contributed by atoms with E-state index in [9.17, 15) is 10.1 Å². The van der Waals surface area contributed by atoms with Crippen LogP contribution in [0.5, 0.6) is 0 Å². The molecule has 150 valence electrons. The smallest absolute Gasteiger partial charge is 0.269 e. The van der Waals surface area contributed by atoms with Crippen molar-refractivity contribution in [3.05, 3.63) is 39.9 Å². The van der Waals surface area contributed by atoms with E-state index in [1.807, 2.05) is 13.0 Å². The van der Waals surface area contributed by atoms with Crippen molar-refractivity contribution in [1.82, 2.24) is 15.5 Å². The Morgan fingerprint density at radius 2 is 2.04 bits per heavy atom. The van der Waals surface area contributed by atoms with E-state index in [0.717, 1.165) is 30.9 Å². The molecule has 2 N–H and O–H groups in total. The molecular formula is C19H30IN5O2. The summed E-state index contributed by atoms with van der Waals surface area (Å²) in [7, 11) is 2.26. The third kappa shape index (κ3) is 5.78. The maximum Gasteiger partial charge on any atom is 0.269 e. The number of fused-ring (bicyclic) bond motifs is 2. The number of nitro benzene ring substituents is 1. The zero-order chi connectivity index (χ0) is 18.5. The van der Waals surface area contributed by atoms with E-state index in [4.69, 9.17) is 0 Å². The number of nitrogens with one attached hydrogen (secondary N) is 2. The molecule has 2 saturated heterocycles. The summed E-state index contributed by atoms with van der Waals surface area (Å²) in [6, 6.07) is 8.45. The second-order valence-corrected chi connectivity index (χ2v) is 7.34. The molecule has 27 heavy (non-hydrogen) atoms. The lowest BCUT2D eigenvalue weighted by Crippen LogP contribution is -2.56. The normalized spacial score (nSPS) is 25.4. The molecule has 2 heterocycles. The summed E-state index contributed by atoms with van der Waals surface area (Å²) in [6.45, 7) is 3.27. The van der Waals surface area contributed by atoms with Crippen LogP contribution in [-0.4, -0.2) is 47.5 Å². The maximum absolute atomic E-state index is 10.9. The Labute approximate surface area is 178 Å². The average Bonchev–Trinajstić information content (AvgIpc) is 2.61. The molecule has 0 radical (unpaired) electrons. The van der Waals surface area contributed by atoms with Gasteiger partial charge in [-0.3, -0.25) is 10.1 Å². The van der Waals surface area contributed by atoms with Gasteiger partial charge in [0.2, 0.25) is 0 Å². The van der Waals surface area contributed by atoms with Crippen molar-refractivity contribution in [3.63, 3.8) is 0 Å². The molecule has 7 nitrogen and oxygen atoms in total. The number of rotatable bonds is 5. The topological polar surface area (TPSA) is 82.8 Å². The molecule has 1 aromatic rings. The van der Waals surface area contributed by atoms with Gasteiger partial charge in [0.25, 0.3) is 5.69 Å². The standard InChI is InChI=1S/C19H29N5O2.HI/c1-3-20-19(21-13-14-6-4-9-18(10-14)24(25)26)22-15-11-16-7-5-8-17(12-15)23(16)2;/h4,6,9-10,15-17H,3,5,7-8,11-13H2,1-2H3,(H2,20,21,22);1H. The van der Waals surface area contributed by atoms with Crippen LogP contribution < -0.4 is 10.6 Å². The molecule has 2 unspecified atom stereocenters. The average molecular weight is 487 g/mol. The molecule has 8 heteroatoms. The number of nitro groups is 1. The van der Waals surface area contributed by atoms with Crippen LogP contribution in [0.4, 0.5) is 5.69 Å². The molecule has 0 amide bonds. The lowest BCUT2D eigenvalue weighted by atomic mass is 9.82. The van der Waals surface area contributed by atoms with Crippen LogP contribution in [0, 0.1) is 10.1 Å². The van der Waals surface area contributed by atoms with Gasteiger partial charge in [-0.2, -0.15) is 0 Å². The fourth-order valence-corrected chi connectivity index (χ4v) is 4.19.